The largest absolute Gasteiger partial charge is 0.497 e. The minimum Gasteiger partial charge on any atom is -0.497 e. The van der Waals surface area contributed by atoms with Crippen LogP contribution in [0.15, 0.2) is 18.2 Å². The van der Waals surface area contributed by atoms with Gasteiger partial charge in [-0.15, -0.1) is 0 Å². The summed E-state index contributed by atoms with van der Waals surface area (Å²) in [5, 5.41) is 0.0479. The average Bonchev–Trinajstić information content (AvgIpc) is 2.45. The normalized spacial score (nSPS) is 10.1. The smallest absolute Gasteiger partial charge is 0.321 e. The van der Waals surface area contributed by atoms with E-state index in [1.54, 1.807) is 32.4 Å². The summed E-state index contributed by atoms with van der Waals surface area (Å²) < 4.78 is 15.4. The van der Waals surface area contributed by atoms with Gasteiger partial charge in [-0.25, -0.2) is 0 Å². The van der Waals surface area contributed by atoms with Crippen molar-refractivity contribution in [1.82, 2.24) is 15.0 Å². The maximum atomic E-state index is 5.83. The summed E-state index contributed by atoms with van der Waals surface area (Å²) >= 11 is 5.83. The van der Waals surface area contributed by atoms with E-state index >= 15 is 0 Å². The van der Waals surface area contributed by atoms with Gasteiger partial charge >= 0.3 is 6.01 Å². The first kappa shape index (κ1) is 13.4. The molecule has 0 N–H and O–H groups in total. The molecule has 1 aromatic heterocycles. The second-order valence-electron chi connectivity index (χ2n) is 3.48. The number of ether oxygens (including phenoxy) is 3. The minimum absolute atomic E-state index is 0.0479. The van der Waals surface area contributed by atoms with Crippen LogP contribution in [0.2, 0.25) is 5.28 Å². The molecule has 0 saturated carbocycles. The molecule has 100 valence electrons. The topological polar surface area (TPSA) is 66.4 Å². The first-order chi connectivity index (χ1) is 9.17. The van der Waals surface area contributed by atoms with Gasteiger partial charge in [-0.2, -0.15) is 15.0 Å². The molecule has 2 rings (SSSR count). The number of benzene rings is 1. The van der Waals surface area contributed by atoms with Gasteiger partial charge in [0.25, 0.3) is 0 Å². The van der Waals surface area contributed by atoms with Gasteiger partial charge in [-0.05, 0) is 29.8 Å². The highest BCUT2D eigenvalue weighted by atomic mass is 35.5. The lowest BCUT2D eigenvalue weighted by atomic mass is 10.2. The second kappa shape index (κ2) is 5.71. The Bertz CT molecular complexity index is 592. The molecule has 7 heteroatoms. The zero-order valence-corrected chi connectivity index (χ0v) is 11.4. The predicted octanol–water partition coefficient (Wildman–Crippen LogP) is 2.22. The fourth-order valence-corrected chi connectivity index (χ4v) is 1.68. The molecule has 1 heterocycles. The van der Waals surface area contributed by atoms with E-state index in [2.05, 4.69) is 15.0 Å². The van der Waals surface area contributed by atoms with E-state index < -0.39 is 0 Å². The summed E-state index contributed by atoms with van der Waals surface area (Å²) in [7, 11) is 4.59. The number of hydrogen-bond donors (Lipinski definition) is 0. The first-order valence-electron chi connectivity index (χ1n) is 5.36. The number of hydrogen-bond acceptors (Lipinski definition) is 6. The van der Waals surface area contributed by atoms with Crippen LogP contribution in [0, 0.1) is 0 Å². The van der Waals surface area contributed by atoms with Crippen LogP contribution >= 0.6 is 11.6 Å². The summed E-state index contributed by atoms with van der Waals surface area (Å²) in [6.07, 6.45) is 0. The van der Waals surface area contributed by atoms with E-state index in [0.717, 1.165) is 0 Å². The monoisotopic (exact) mass is 281 g/mol. The summed E-state index contributed by atoms with van der Waals surface area (Å²) in [5.74, 6) is 1.61. The van der Waals surface area contributed by atoms with Crippen molar-refractivity contribution < 1.29 is 14.2 Å². The Morgan fingerprint density at radius 3 is 2.37 bits per heavy atom. The zero-order chi connectivity index (χ0) is 13.8. The van der Waals surface area contributed by atoms with E-state index in [9.17, 15) is 0 Å². The zero-order valence-electron chi connectivity index (χ0n) is 10.7. The van der Waals surface area contributed by atoms with Gasteiger partial charge in [0.15, 0.2) is 5.82 Å². The number of methoxy groups -OCH3 is 3. The molecule has 0 saturated heterocycles. The molecule has 19 heavy (non-hydrogen) atoms. The standard InChI is InChI=1S/C12H12ClN3O3/c1-17-7-4-5-9(18-2)8(6-7)10-14-11(13)16-12(15-10)19-3/h4-6H,1-3H3. The van der Waals surface area contributed by atoms with Gasteiger partial charge in [0.05, 0.1) is 26.9 Å². The molecule has 0 unspecified atom stereocenters. The van der Waals surface area contributed by atoms with Gasteiger partial charge < -0.3 is 14.2 Å². The summed E-state index contributed by atoms with van der Waals surface area (Å²) in [6.45, 7) is 0. The number of aromatic nitrogens is 3. The molecular formula is C12H12ClN3O3. The Morgan fingerprint density at radius 1 is 0.947 bits per heavy atom. The lowest BCUT2D eigenvalue weighted by molar-refractivity contribution is 0.378. The molecule has 0 atom stereocenters. The van der Waals surface area contributed by atoms with Crippen LogP contribution in [-0.4, -0.2) is 36.3 Å². The Kier molecular flexibility index (Phi) is 4.01. The molecule has 0 spiro atoms. The summed E-state index contributed by atoms with van der Waals surface area (Å²) in [4.78, 5) is 12.0. The molecular weight excluding hydrogens is 270 g/mol. The molecule has 0 amide bonds. The highest BCUT2D eigenvalue weighted by Gasteiger charge is 2.13. The predicted molar refractivity (Wildman–Crippen MR) is 69.9 cm³/mol. The number of halogens is 1. The Balaban J connectivity index is 2.59. The third-order valence-corrected chi connectivity index (χ3v) is 2.59. The van der Waals surface area contributed by atoms with Crippen LogP contribution in [0.4, 0.5) is 0 Å². The molecule has 0 fully saturated rings. The van der Waals surface area contributed by atoms with Crippen molar-refractivity contribution >= 4 is 11.6 Å². The van der Waals surface area contributed by atoms with E-state index in [4.69, 9.17) is 25.8 Å². The third kappa shape index (κ3) is 2.85. The molecule has 2 aromatic rings. The van der Waals surface area contributed by atoms with Gasteiger partial charge in [0.2, 0.25) is 5.28 Å². The van der Waals surface area contributed by atoms with Gasteiger partial charge in [-0.1, -0.05) is 0 Å². The van der Waals surface area contributed by atoms with E-state index in [-0.39, 0.29) is 11.3 Å². The van der Waals surface area contributed by atoms with Crippen molar-refractivity contribution in [3.63, 3.8) is 0 Å². The quantitative estimate of drug-likeness (QED) is 0.856. The lowest BCUT2D eigenvalue weighted by Crippen LogP contribution is -1.99. The number of nitrogens with zero attached hydrogens (tertiary/aromatic N) is 3. The van der Waals surface area contributed by atoms with E-state index in [1.165, 1.54) is 7.11 Å². The summed E-state index contributed by atoms with van der Waals surface area (Å²) in [6, 6.07) is 5.44. The van der Waals surface area contributed by atoms with Crippen LogP contribution in [0.5, 0.6) is 17.5 Å². The fraction of sp³-hybridized carbons (Fsp3) is 0.250. The minimum atomic E-state index is 0.0479. The second-order valence-corrected chi connectivity index (χ2v) is 3.82. The van der Waals surface area contributed by atoms with Crippen molar-refractivity contribution in [3.8, 4) is 28.9 Å². The highest BCUT2D eigenvalue weighted by molar-refractivity contribution is 6.28. The molecule has 0 bridgehead atoms. The van der Waals surface area contributed by atoms with Crippen molar-refractivity contribution in [2.75, 3.05) is 21.3 Å². The average molecular weight is 282 g/mol. The summed E-state index contributed by atoms with van der Waals surface area (Å²) in [5.41, 5.74) is 0.643. The van der Waals surface area contributed by atoms with Crippen LogP contribution in [0.25, 0.3) is 11.4 Å². The first-order valence-corrected chi connectivity index (χ1v) is 5.73. The highest BCUT2D eigenvalue weighted by Crippen LogP contribution is 2.32. The Morgan fingerprint density at radius 2 is 1.74 bits per heavy atom. The van der Waals surface area contributed by atoms with Gasteiger partial charge in [-0.3, -0.25) is 0 Å². The maximum Gasteiger partial charge on any atom is 0.321 e. The van der Waals surface area contributed by atoms with Gasteiger partial charge in [0, 0.05) is 0 Å². The van der Waals surface area contributed by atoms with Crippen molar-refractivity contribution in [2.24, 2.45) is 0 Å². The van der Waals surface area contributed by atoms with Crippen LogP contribution in [0.1, 0.15) is 0 Å². The molecule has 0 radical (unpaired) electrons. The van der Waals surface area contributed by atoms with E-state index in [1.807, 2.05) is 0 Å². The lowest BCUT2D eigenvalue weighted by Gasteiger charge is -2.10. The van der Waals surface area contributed by atoms with Crippen molar-refractivity contribution in [2.45, 2.75) is 0 Å². The van der Waals surface area contributed by atoms with Crippen LogP contribution < -0.4 is 14.2 Å². The van der Waals surface area contributed by atoms with E-state index in [0.29, 0.717) is 22.9 Å². The molecule has 0 aliphatic carbocycles. The molecule has 6 nitrogen and oxygen atoms in total. The molecule has 0 aliphatic rings. The molecule has 1 aromatic carbocycles. The van der Waals surface area contributed by atoms with Crippen LogP contribution in [-0.2, 0) is 0 Å². The fourth-order valence-electron chi connectivity index (χ4n) is 1.53. The maximum absolute atomic E-state index is 5.83. The van der Waals surface area contributed by atoms with Crippen molar-refractivity contribution in [3.05, 3.63) is 23.5 Å². The van der Waals surface area contributed by atoms with Gasteiger partial charge in [0.1, 0.15) is 11.5 Å². The third-order valence-electron chi connectivity index (χ3n) is 2.42. The SMILES string of the molecule is COc1ccc(OC)c(-c2nc(Cl)nc(OC)n2)c1. The van der Waals surface area contributed by atoms with Crippen LogP contribution in [0.3, 0.4) is 0 Å². The molecule has 0 aliphatic heterocycles. The Hall–Kier alpha value is -2.08. The number of rotatable bonds is 4. The van der Waals surface area contributed by atoms with Crippen molar-refractivity contribution in [1.29, 1.82) is 0 Å². The Labute approximate surface area is 115 Å².